The maximum atomic E-state index is 10.5. The van der Waals surface area contributed by atoms with Crippen LogP contribution in [0, 0.1) is 0 Å². The molecule has 0 aliphatic heterocycles. The van der Waals surface area contributed by atoms with Gasteiger partial charge in [0.15, 0.2) is 0 Å². The Hall–Kier alpha value is -1.55. The van der Waals surface area contributed by atoms with Crippen LogP contribution in [0.5, 0.6) is 5.75 Å². The number of amides is 1. The van der Waals surface area contributed by atoms with Crippen molar-refractivity contribution in [1.82, 2.24) is 5.32 Å². The van der Waals surface area contributed by atoms with Crippen molar-refractivity contribution in [3.8, 4) is 5.75 Å². The van der Waals surface area contributed by atoms with Gasteiger partial charge in [0.25, 0.3) is 0 Å². The third-order valence-corrected chi connectivity index (χ3v) is 2.12. The Kier molecular flexibility index (Phi) is 5.36. The normalized spacial score (nSPS) is 10.1. The molecule has 1 aromatic rings. The van der Waals surface area contributed by atoms with Crippen LogP contribution < -0.4 is 15.8 Å². The number of benzene rings is 1. The van der Waals surface area contributed by atoms with Crippen molar-refractivity contribution in [1.29, 1.82) is 0 Å². The van der Waals surface area contributed by atoms with Gasteiger partial charge in [0.05, 0.1) is 13.0 Å². The average molecular weight is 222 g/mol. The fourth-order valence-corrected chi connectivity index (χ4v) is 1.24. The molecule has 0 aromatic heterocycles. The summed E-state index contributed by atoms with van der Waals surface area (Å²) < 4.78 is 5.36. The van der Waals surface area contributed by atoms with Crippen LogP contribution in [0.25, 0.3) is 0 Å². The van der Waals surface area contributed by atoms with E-state index in [0.29, 0.717) is 6.61 Å². The first-order valence-corrected chi connectivity index (χ1v) is 5.43. The smallest absolute Gasteiger partial charge is 0.220 e. The van der Waals surface area contributed by atoms with Gasteiger partial charge in [0, 0.05) is 6.54 Å². The SMILES string of the molecule is CCNCc1ccc(OCCC(N)=O)cc1. The highest BCUT2D eigenvalue weighted by Crippen LogP contribution is 2.12. The first kappa shape index (κ1) is 12.5. The van der Waals surface area contributed by atoms with Gasteiger partial charge < -0.3 is 15.8 Å². The Balaban J connectivity index is 2.36. The summed E-state index contributed by atoms with van der Waals surface area (Å²) in [6.07, 6.45) is 0.249. The Bertz CT molecular complexity index is 322. The van der Waals surface area contributed by atoms with E-state index in [1.165, 1.54) is 5.56 Å². The van der Waals surface area contributed by atoms with Crippen molar-refractivity contribution in [3.05, 3.63) is 29.8 Å². The zero-order valence-electron chi connectivity index (χ0n) is 9.53. The summed E-state index contributed by atoms with van der Waals surface area (Å²) in [6, 6.07) is 7.80. The molecular weight excluding hydrogens is 204 g/mol. The number of hydrogen-bond donors (Lipinski definition) is 2. The molecule has 1 rings (SSSR count). The maximum absolute atomic E-state index is 10.5. The van der Waals surface area contributed by atoms with Crippen LogP contribution >= 0.6 is 0 Å². The van der Waals surface area contributed by atoms with E-state index < -0.39 is 0 Å². The Labute approximate surface area is 95.8 Å². The molecule has 0 bridgehead atoms. The molecule has 0 saturated carbocycles. The van der Waals surface area contributed by atoms with Gasteiger partial charge >= 0.3 is 0 Å². The summed E-state index contributed by atoms with van der Waals surface area (Å²) in [5, 5.41) is 3.24. The third kappa shape index (κ3) is 4.79. The molecule has 3 N–H and O–H groups in total. The summed E-state index contributed by atoms with van der Waals surface area (Å²) in [5.74, 6) is 0.422. The third-order valence-electron chi connectivity index (χ3n) is 2.12. The number of nitrogens with two attached hydrogens (primary N) is 1. The summed E-state index contributed by atoms with van der Waals surface area (Å²) in [4.78, 5) is 10.5. The predicted molar refractivity (Wildman–Crippen MR) is 63.1 cm³/mol. The zero-order valence-corrected chi connectivity index (χ0v) is 9.53. The molecule has 4 heteroatoms. The number of nitrogens with one attached hydrogen (secondary N) is 1. The lowest BCUT2D eigenvalue weighted by Gasteiger charge is -2.06. The van der Waals surface area contributed by atoms with Gasteiger partial charge in [-0.1, -0.05) is 19.1 Å². The Morgan fingerprint density at radius 2 is 2.06 bits per heavy atom. The van der Waals surface area contributed by atoms with Crippen LogP contribution in [-0.4, -0.2) is 19.1 Å². The number of ether oxygens (including phenoxy) is 1. The van der Waals surface area contributed by atoms with Gasteiger partial charge in [-0.15, -0.1) is 0 Å². The van der Waals surface area contributed by atoms with Crippen LogP contribution in [0.2, 0.25) is 0 Å². The molecule has 0 atom stereocenters. The second kappa shape index (κ2) is 6.85. The molecule has 1 aromatic carbocycles. The van der Waals surface area contributed by atoms with E-state index in [9.17, 15) is 4.79 Å². The van der Waals surface area contributed by atoms with E-state index in [4.69, 9.17) is 10.5 Å². The Morgan fingerprint density at radius 3 is 2.62 bits per heavy atom. The molecule has 0 aliphatic carbocycles. The van der Waals surface area contributed by atoms with Crippen molar-refractivity contribution in [2.24, 2.45) is 5.73 Å². The van der Waals surface area contributed by atoms with Crippen LogP contribution in [0.3, 0.4) is 0 Å². The second-order valence-electron chi connectivity index (χ2n) is 3.49. The highest BCUT2D eigenvalue weighted by molar-refractivity contribution is 5.73. The lowest BCUT2D eigenvalue weighted by molar-refractivity contribution is -0.118. The molecule has 0 saturated heterocycles. The largest absolute Gasteiger partial charge is 0.493 e. The number of carbonyl (C=O) groups excluding carboxylic acids is 1. The molecule has 0 unspecified atom stereocenters. The summed E-state index contributed by atoms with van der Waals surface area (Å²) in [6.45, 7) is 4.22. The Morgan fingerprint density at radius 1 is 1.38 bits per heavy atom. The van der Waals surface area contributed by atoms with Gasteiger partial charge in [0.1, 0.15) is 5.75 Å². The van der Waals surface area contributed by atoms with Gasteiger partial charge in [-0.2, -0.15) is 0 Å². The minimum absolute atomic E-state index is 0.249. The van der Waals surface area contributed by atoms with Crippen molar-refractivity contribution >= 4 is 5.91 Å². The minimum Gasteiger partial charge on any atom is -0.493 e. The number of rotatable bonds is 7. The van der Waals surface area contributed by atoms with Crippen molar-refractivity contribution in [2.75, 3.05) is 13.2 Å². The number of primary amides is 1. The highest BCUT2D eigenvalue weighted by Gasteiger charge is 1.97. The standard InChI is InChI=1S/C12H18N2O2/c1-2-14-9-10-3-5-11(6-4-10)16-8-7-12(13)15/h3-6,14H,2,7-9H2,1H3,(H2,13,15). The van der Waals surface area contributed by atoms with Crippen LogP contribution in [0.4, 0.5) is 0 Å². The average Bonchev–Trinajstić information content (AvgIpc) is 2.27. The van der Waals surface area contributed by atoms with Gasteiger partial charge in [0.2, 0.25) is 5.91 Å². The molecule has 0 fully saturated rings. The van der Waals surface area contributed by atoms with Crippen LogP contribution in [0.15, 0.2) is 24.3 Å². The first-order valence-electron chi connectivity index (χ1n) is 5.43. The highest BCUT2D eigenvalue weighted by atomic mass is 16.5. The van der Waals surface area contributed by atoms with E-state index in [0.717, 1.165) is 18.8 Å². The zero-order chi connectivity index (χ0) is 11.8. The fraction of sp³-hybridized carbons (Fsp3) is 0.417. The van der Waals surface area contributed by atoms with E-state index >= 15 is 0 Å². The topological polar surface area (TPSA) is 64.3 Å². The fourth-order valence-electron chi connectivity index (χ4n) is 1.24. The number of hydrogen-bond acceptors (Lipinski definition) is 3. The van der Waals surface area contributed by atoms with Gasteiger partial charge in [-0.25, -0.2) is 0 Å². The predicted octanol–water partition coefficient (Wildman–Crippen LogP) is 1.05. The monoisotopic (exact) mass is 222 g/mol. The summed E-state index contributed by atoms with van der Waals surface area (Å²) >= 11 is 0. The summed E-state index contributed by atoms with van der Waals surface area (Å²) in [7, 11) is 0. The lowest BCUT2D eigenvalue weighted by atomic mass is 10.2. The molecule has 0 radical (unpaired) electrons. The van der Waals surface area contributed by atoms with E-state index in [1.807, 2.05) is 24.3 Å². The molecule has 16 heavy (non-hydrogen) atoms. The molecule has 0 heterocycles. The van der Waals surface area contributed by atoms with Gasteiger partial charge in [-0.3, -0.25) is 4.79 Å². The molecule has 0 spiro atoms. The van der Waals surface area contributed by atoms with Crippen molar-refractivity contribution < 1.29 is 9.53 Å². The van der Waals surface area contributed by atoms with E-state index in [1.54, 1.807) is 0 Å². The first-order chi connectivity index (χ1) is 7.72. The van der Waals surface area contributed by atoms with Crippen molar-refractivity contribution in [2.45, 2.75) is 19.9 Å². The van der Waals surface area contributed by atoms with Crippen LogP contribution in [-0.2, 0) is 11.3 Å². The number of carbonyl (C=O) groups is 1. The molecule has 88 valence electrons. The van der Waals surface area contributed by atoms with E-state index in [2.05, 4.69) is 12.2 Å². The minimum atomic E-state index is -0.344. The molecule has 0 aliphatic rings. The molecular formula is C12H18N2O2. The summed E-state index contributed by atoms with van der Waals surface area (Å²) in [5.41, 5.74) is 6.22. The van der Waals surface area contributed by atoms with Crippen molar-refractivity contribution in [3.63, 3.8) is 0 Å². The van der Waals surface area contributed by atoms with Crippen LogP contribution in [0.1, 0.15) is 18.9 Å². The van der Waals surface area contributed by atoms with E-state index in [-0.39, 0.29) is 12.3 Å². The molecule has 1 amide bonds. The molecule has 4 nitrogen and oxygen atoms in total. The maximum Gasteiger partial charge on any atom is 0.220 e. The second-order valence-corrected chi connectivity index (χ2v) is 3.49. The van der Waals surface area contributed by atoms with Gasteiger partial charge in [-0.05, 0) is 24.2 Å². The quantitative estimate of drug-likeness (QED) is 0.724. The lowest BCUT2D eigenvalue weighted by Crippen LogP contribution is -2.14.